The molecule has 1 N–H and O–H groups in total. The number of fused-ring (bicyclic) bond motifs is 1. The number of amides is 1. The number of carbonyl (C=O) groups excluding carboxylic acids is 2. The molecule has 0 aromatic carbocycles. The van der Waals surface area contributed by atoms with E-state index in [0.29, 0.717) is 19.4 Å². The molecular weight excluding hydrogens is 398 g/mol. The van der Waals surface area contributed by atoms with Gasteiger partial charge < -0.3 is 24.2 Å². The minimum absolute atomic E-state index is 0.00833. The Bertz CT molecular complexity index is 848. The number of methoxy groups -OCH3 is 3. The number of rotatable bonds is 4. The Morgan fingerprint density at radius 3 is 2.52 bits per heavy atom. The van der Waals surface area contributed by atoms with Gasteiger partial charge in [-0.2, -0.15) is 0 Å². The smallest absolute Gasteiger partial charge is 0.229 e. The molecule has 0 aromatic heterocycles. The first-order valence-corrected chi connectivity index (χ1v) is 11.9. The third-order valence-electron chi connectivity index (χ3n) is 11.0. The largest absolute Gasteiger partial charge is 0.385 e. The molecule has 7 bridgehead atoms. The molecule has 1 saturated heterocycles. The number of ketones is 1. The van der Waals surface area contributed by atoms with E-state index >= 15 is 0 Å². The SMILES string of the molecule is CCN1C(=O)[C@]2(C)CC[C@H](OC)[C@@]34[C@@H]5C[C@H]6[C@H](OC)[C@@H]5[C@](C[C@@H]6OC)(C(=O)[C@@H](O)[C@@H]32)[C@@H]14. The van der Waals surface area contributed by atoms with Crippen molar-refractivity contribution in [3.05, 3.63) is 0 Å². The van der Waals surface area contributed by atoms with Crippen molar-refractivity contribution in [2.75, 3.05) is 27.9 Å². The van der Waals surface area contributed by atoms with Gasteiger partial charge in [0.1, 0.15) is 6.10 Å². The summed E-state index contributed by atoms with van der Waals surface area (Å²) in [5.41, 5.74) is -2.00. The highest BCUT2D eigenvalue weighted by Crippen LogP contribution is 2.81. The average Bonchev–Trinajstić information content (AvgIpc) is 3.18. The summed E-state index contributed by atoms with van der Waals surface area (Å²) in [7, 11) is 5.21. The fourth-order valence-electron chi connectivity index (χ4n) is 10.5. The first kappa shape index (κ1) is 20.6. The van der Waals surface area contributed by atoms with E-state index in [4.69, 9.17) is 14.2 Å². The molecule has 1 aliphatic heterocycles. The highest BCUT2D eigenvalue weighted by Gasteiger charge is 2.89. The monoisotopic (exact) mass is 433 g/mol. The average molecular weight is 434 g/mol. The van der Waals surface area contributed by atoms with Crippen LogP contribution in [0, 0.1) is 39.9 Å². The second-order valence-corrected chi connectivity index (χ2v) is 11.2. The molecule has 1 amide bonds. The number of ether oxygens (including phenoxy) is 3. The summed E-state index contributed by atoms with van der Waals surface area (Å²) in [6.45, 7) is 4.57. The van der Waals surface area contributed by atoms with E-state index in [-0.39, 0.29) is 53.8 Å². The number of likely N-dealkylation sites (tertiary alicyclic amines) is 1. The Morgan fingerprint density at radius 1 is 1.16 bits per heavy atom. The maximum atomic E-state index is 14.2. The van der Waals surface area contributed by atoms with Crippen molar-refractivity contribution in [2.24, 2.45) is 39.9 Å². The van der Waals surface area contributed by atoms with E-state index in [2.05, 4.69) is 0 Å². The lowest BCUT2D eigenvalue weighted by Gasteiger charge is -2.70. The number of nitrogens with zero attached hydrogens (tertiary/aromatic N) is 1. The second kappa shape index (κ2) is 6.10. The first-order valence-electron chi connectivity index (χ1n) is 11.9. The van der Waals surface area contributed by atoms with Crippen LogP contribution < -0.4 is 0 Å². The summed E-state index contributed by atoms with van der Waals surface area (Å²) >= 11 is 0. The predicted molar refractivity (Wildman–Crippen MR) is 110 cm³/mol. The maximum absolute atomic E-state index is 14.2. The van der Waals surface area contributed by atoms with Crippen LogP contribution in [-0.2, 0) is 23.8 Å². The molecule has 6 rings (SSSR count). The Kier molecular flexibility index (Phi) is 4.05. The number of hydrogen-bond acceptors (Lipinski definition) is 6. The van der Waals surface area contributed by atoms with Gasteiger partial charge in [0.15, 0.2) is 5.78 Å². The lowest BCUT2D eigenvalue weighted by molar-refractivity contribution is -0.262. The quantitative estimate of drug-likeness (QED) is 0.719. The highest BCUT2D eigenvalue weighted by atomic mass is 16.5. The zero-order valence-electron chi connectivity index (χ0n) is 19.2. The van der Waals surface area contributed by atoms with Crippen LogP contribution in [0.2, 0.25) is 0 Å². The van der Waals surface area contributed by atoms with Gasteiger partial charge in [-0.15, -0.1) is 0 Å². The normalized spacial score (nSPS) is 58.8. The van der Waals surface area contributed by atoms with Gasteiger partial charge in [0.25, 0.3) is 0 Å². The van der Waals surface area contributed by atoms with Crippen molar-refractivity contribution in [1.29, 1.82) is 0 Å². The molecule has 0 unspecified atom stereocenters. The van der Waals surface area contributed by atoms with E-state index in [1.807, 2.05) is 18.7 Å². The third-order valence-corrected chi connectivity index (χ3v) is 11.0. The number of aliphatic hydroxyl groups excluding tert-OH is 1. The van der Waals surface area contributed by atoms with Gasteiger partial charge in [0, 0.05) is 51.0 Å². The van der Waals surface area contributed by atoms with Crippen LogP contribution in [0.3, 0.4) is 0 Å². The van der Waals surface area contributed by atoms with E-state index in [9.17, 15) is 14.7 Å². The standard InChI is InChI=1S/C24H35NO6/c1-6-25-20-23-10-13(29-3)11-9-12(15(23)17(11)31-5)24(20)14(30-4)7-8-22(2,21(25)28)18(24)16(26)19(23)27/h11-18,20,26H,6-10H2,1-5H3/t11-,12-,13+,14+,15-,16+,17+,18-,20-,22-,23-,24+/m1/s1. The number of carbonyl (C=O) groups is 2. The minimum atomic E-state index is -1.14. The van der Waals surface area contributed by atoms with Gasteiger partial charge in [0.2, 0.25) is 5.91 Å². The van der Waals surface area contributed by atoms with Gasteiger partial charge in [-0.1, -0.05) is 6.92 Å². The first-order chi connectivity index (χ1) is 14.8. The minimum Gasteiger partial charge on any atom is -0.385 e. The Hall–Kier alpha value is -1.02. The van der Waals surface area contributed by atoms with E-state index < -0.39 is 28.3 Å². The summed E-state index contributed by atoms with van der Waals surface area (Å²) in [4.78, 5) is 30.2. The molecule has 172 valence electrons. The summed E-state index contributed by atoms with van der Waals surface area (Å²) < 4.78 is 18.2. The van der Waals surface area contributed by atoms with E-state index in [0.717, 1.165) is 12.8 Å². The summed E-state index contributed by atoms with van der Waals surface area (Å²) in [5.74, 6) is 0.0204. The van der Waals surface area contributed by atoms with E-state index in [1.54, 1.807) is 21.3 Å². The Balaban J connectivity index is 1.70. The summed E-state index contributed by atoms with van der Waals surface area (Å²) in [6, 6.07) is -0.261. The fraction of sp³-hybridized carbons (Fsp3) is 0.917. The van der Waals surface area contributed by atoms with Crippen molar-refractivity contribution in [2.45, 2.75) is 70.0 Å². The summed E-state index contributed by atoms with van der Waals surface area (Å²) in [6.07, 6.45) is 1.47. The molecular formula is C24H35NO6. The number of hydrogen-bond donors (Lipinski definition) is 1. The molecule has 5 saturated carbocycles. The van der Waals surface area contributed by atoms with Crippen molar-refractivity contribution >= 4 is 11.7 Å². The van der Waals surface area contributed by atoms with Crippen LogP contribution in [0.15, 0.2) is 0 Å². The van der Waals surface area contributed by atoms with Crippen LogP contribution in [0.1, 0.15) is 39.5 Å². The number of Topliss-reactive ketones (excluding diaryl/α,β-unsaturated/α-hetero) is 1. The number of aliphatic hydroxyl groups is 1. The maximum Gasteiger partial charge on any atom is 0.229 e. The molecule has 12 atom stereocenters. The Morgan fingerprint density at radius 2 is 1.90 bits per heavy atom. The zero-order chi connectivity index (χ0) is 22.1. The molecule has 31 heavy (non-hydrogen) atoms. The summed E-state index contributed by atoms with van der Waals surface area (Å²) in [5, 5.41) is 11.7. The third kappa shape index (κ3) is 1.81. The zero-order valence-corrected chi connectivity index (χ0v) is 19.2. The van der Waals surface area contributed by atoms with Crippen molar-refractivity contribution in [1.82, 2.24) is 4.90 Å². The second-order valence-electron chi connectivity index (χ2n) is 11.2. The molecule has 6 fully saturated rings. The molecule has 0 aromatic rings. The number of piperidine rings is 1. The molecule has 5 aliphatic carbocycles. The molecule has 7 heteroatoms. The Labute approximate surface area is 183 Å². The van der Waals surface area contributed by atoms with Crippen molar-refractivity contribution < 1.29 is 28.9 Å². The molecule has 1 heterocycles. The van der Waals surface area contributed by atoms with Gasteiger partial charge >= 0.3 is 0 Å². The predicted octanol–water partition coefficient (Wildman–Crippen LogP) is 1.26. The molecule has 7 nitrogen and oxygen atoms in total. The topological polar surface area (TPSA) is 85.3 Å². The molecule has 2 spiro atoms. The van der Waals surface area contributed by atoms with Gasteiger partial charge in [-0.3, -0.25) is 9.59 Å². The van der Waals surface area contributed by atoms with E-state index in [1.165, 1.54) is 0 Å². The van der Waals surface area contributed by atoms with Crippen LogP contribution >= 0.6 is 0 Å². The van der Waals surface area contributed by atoms with Crippen molar-refractivity contribution in [3.8, 4) is 0 Å². The van der Waals surface area contributed by atoms with Gasteiger partial charge in [-0.25, -0.2) is 0 Å². The van der Waals surface area contributed by atoms with Crippen LogP contribution in [-0.4, -0.2) is 80.0 Å². The van der Waals surface area contributed by atoms with Crippen LogP contribution in [0.4, 0.5) is 0 Å². The van der Waals surface area contributed by atoms with Gasteiger partial charge in [0.05, 0.1) is 35.2 Å². The van der Waals surface area contributed by atoms with Gasteiger partial charge in [-0.05, 0) is 38.5 Å². The van der Waals surface area contributed by atoms with Crippen molar-refractivity contribution in [3.63, 3.8) is 0 Å². The molecule has 0 radical (unpaired) electrons. The lowest BCUT2D eigenvalue weighted by Crippen LogP contribution is -2.81. The molecule has 6 aliphatic rings. The highest BCUT2D eigenvalue weighted by molar-refractivity contribution is 5.98. The lowest BCUT2D eigenvalue weighted by atomic mass is 9.39. The fourth-order valence-corrected chi connectivity index (χ4v) is 10.5. The van der Waals surface area contributed by atoms with Crippen LogP contribution in [0.5, 0.6) is 0 Å². The van der Waals surface area contributed by atoms with Crippen LogP contribution in [0.25, 0.3) is 0 Å².